The van der Waals surface area contributed by atoms with Gasteiger partial charge in [0.05, 0.1) is 12.1 Å². The number of nitrogens with one attached hydrogen (secondary N) is 1. The van der Waals surface area contributed by atoms with E-state index in [4.69, 9.17) is 4.74 Å². The standard InChI is InChI=1S/C24H24N4O3S/c29-23(18-8-11-32-16-18)27-10-7-22(15-27)31-21-5-3-20(4-6-21)26-24(30)28-13-19(14-28)17-2-1-9-25-12-17/h1-6,8-9,11-12,16,19,22H,7,10,13-15H2,(H,26,30). The van der Waals surface area contributed by atoms with Crippen LogP contribution in [-0.2, 0) is 0 Å². The predicted octanol–water partition coefficient (Wildman–Crippen LogP) is 4.07. The summed E-state index contributed by atoms with van der Waals surface area (Å²) >= 11 is 1.53. The van der Waals surface area contributed by atoms with Crippen LogP contribution >= 0.6 is 11.3 Å². The van der Waals surface area contributed by atoms with Crippen molar-refractivity contribution in [3.05, 3.63) is 76.7 Å². The molecule has 5 rings (SSSR count). The van der Waals surface area contributed by atoms with E-state index in [2.05, 4.69) is 10.3 Å². The first kappa shape index (κ1) is 20.5. The second kappa shape index (κ2) is 9.00. The quantitative estimate of drug-likeness (QED) is 0.639. The minimum Gasteiger partial charge on any atom is -0.489 e. The van der Waals surface area contributed by atoms with Gasteiger partial charge in [0.25, 0.3) is 5.91 Å². The Balaban J connectivity index is 1.09. The zero-order chi connectivity index (χ0) is 21.9. The summed E-state index contributed by atoms with van der Waals surface area (Å²) < 4.78 is 6.06. The molecular weight excluding hydrogens is 424 g/mol. The monoisotopic (exact) mass is 448 g/mol. The van der Waals surface area contributed by atoms with E-state index in [-0.39, 0.29) is 18.0 Å². The molecule has 4 heterocycles. The number of benzene rings is 1. The van der Waals surface area contributed by atoms with Crippen LogP contribution in [0.5, 0.6) is 5.75 Å². The molecule has 2 saturated heterocycles. The van der Waals surface area contributed by atoms with E-state index in [1.807, 2.05) is 64.3 Å². The number of rotatable bonds is 5. The Morgan fingerprint density at radius 3 is 2.62 bits per heavy atom. The number of amides is 3. The number of pyridine rings is 1. The lowest BCUT2D eigenvalue weighted by atomic mass is 9.93. The molecule has 2 aliphatic heterocycles. The second-order valence-corrected chi connectivity index (χ2v) is 8.91. The third kappa shape index (κ3) is 4.45. The van der Waals surface area contributed by atoms with Gasteiger partial charge < -0.3 is 19.9 Å². The number of anilines is 1. The molecule has 1 aromatic carbocycles. The summed E-state index contributed by atoms with van der Waals surface area (Å²) in [6.07, 6.45) is 4.40. The van der Waals surface area contributed by atoms with Crippen molar-refractivity contribution in [3.63, 3.8) is 0 Å². The first-order chi connectivity index (χ1) is 15.7. The molecule has 164 valence electrons. The van der Waals surface area contributed by atoms with Gasteiger partial charge in [0, 0.05) is 55.4 Å². The van der Waals surface area contributed by atoms with Crippen molar-refractivity contribution >= 4 is 29.0 Å². The predicted molar refractivity (Wildman–Crippen MR) is 123 cm³/mol. The van der Waals surface area contributed by atoms with E-state index in [1.54, 1.807) is 11.1 Å². The summed E-state index contributed by atoms with van der Waals surface area (Å²) in [7, 11) is 0. The molecule has 0 bridgehead atoms. The normalized spacial score (nSPS) is 18.3. The van der Waals surface area contributed by atoms with Crippen LogP contribution in [0.15, 0.2) is 65.6 Å². The molecule has 1 atom stereocenters. The van der Waals surface area contributed by atoms with E-state index in [0.717, 1.165) is 23.4 Å². The fourth-order valence-electron chi connectivity index (χ4n) is 4.06. The molecular formula is C24H24N4O3S. The molecule has 3 aromatic rings. The topological polar surface area (TPSA) is 74.8 Å². The highest BCUT2D eigenvalue weighted by atomic mass is 32.1. The zero-order valence-corrected chi connectivity index (χ0v) is 18.3. The van der Waals surface area contributed by atoms with Crippen LogP contribution in [0, 0.1) is 0 Å². The lowest BCUT2D eigenvalue weighted by Gasteiger charge is -2.39. The molecule has 0 radical (unpaired) electrons. The van der Waals surface area contributed by atoms with Crippen LogP contribution in [0.25, 0.3) is 0 Å². The van der Waals surface area contributed by atoms with Crippen LogP contribution < -0.4 is 10.1 Å². The highest BCUT2D eigenvalue weighted by Gasteiger charge is 2.32. The van der Waals surface area contributed by atoms with Gasteiger partial charge in [0.2, 0.25) is 0 Å². The number of carbonyl (C=O) groups is 2. The number of carbonyl (C=O) groups excluding carboxylic acids is 2. The summed E-state index contributed by atoms with van der Waals surface area (Å²) in [5.41, 5.74) is 2.64. The number of nitrogens with zero attached hydrogens (tertiary/aromatic N) is 3. The molecule has 1 unspecified atom stereocenters. The first-order valence-electron chi connectivity index (χ1n) is 10.7. The van der Waals surface area contributed by atoms with Gasteiger partial charge in [-0.25, -0.2) is 4.79 Å². The zero-order valence-electron chi connectivity index (χ0n) is 17.5. The lowest BCUT2D eigenvalue weighted by Crippen LogP contribution is -2.50. The lowest BCUT2D eigenvalue weighted by molar-refractivity contribution is 0.0773. The molecule has 0 aliphatic carbocycles. The average molecular weight is 449 g/mol. The number of aromatic nitrogens is 1. The number of thiophene rings is 1. The van der Waals surface area contributed by atoms with Crippen LogP contribution in [0.1, 0.15) is 28.3 Å². The Bertz CT molecular complexity index is 1070. The SMILES string of the molecule is O=C(Nc1ccc(OC2CCN(C(=O)c3ccsc3)C2)cc1)N1CC(c2cccnc2)C1. The fraction of sp³-hybridized carbons (Fsp3) is 0.292. The molecule has 0 spiro atoms. The van der Waals surface area contributed by atoms with E-state index in [1.165, 1.54) is 16.9 Å². The second-order valence-electron chi connectivity index (χ2n) is 8.13. The molecule has 0 saturated carbocycles. The van der Waals surface area contributed by atoms with Gasteiger partial charge in [-0.3, -0.25) is 9.78 Å². The summed E-state index contributed by atoms with van der Waals surface area (Å²) in [5.74, 6) is 1.15. The van der Waals surface area contributed by atoms with Gasteiger partial charge in [-0.1, -0.05) is 6.07 Å². The Kier molecular flexibility index (Phi) is 5.77. The van der Waals surface area contributed by atoms with Crippen molar-refractivity contribution in [2.45, 2.75) is 18.4 Å². The molecule has 2 aromatic heterocycles. The maximum atomic E-state index is 12.5. The van der Waals surface area contributed by atoms with E-state index < -0.39 is 0 Å². The summed E-state index contributed by atoms with van der Waals surface area (Å²) in [5, 5.41) is 6.73. The molecule has 3 amide bonds. The number of urea groups is 1. The van der Waals surface area contributed by atoms with Gasteiger partial charge in [-0.15, -0.1) is 0 Å². The third-order valence-corrected chi connectivity index (χ3v) is 6.62. The summed E-state index contributed by atoms with van der Waals surface area (Å²) in [6, 6.07) is 13.1. The van der Waals surface area contributed by atoms with Gasteiger partial charge in [0.15, 0.2) is 0 Å². The van der Waals surface area contributed by atoms with E-state index >= 15 is 0 Å². The molecule has 2 fully saturated rings. The molecule has 1 N–H and O–H groups in total. The number of hydrogen-bond acceptors (Lipinski definition) is 5. The summed E-state index contributed by atoms with van der Waals surface area (Å²) in [4.78, 5) is 32.7. The smallest absolute Gasteiger partial charge is 0.321 e. The largest absolute Gasteiger partial charge is 0.489 e. The van der Waals surface area contributed by atoms with Gasteiger partial charge >= 0.3 is 6.03 Å². The number of hydrogen-bond donors (Lipinski definition) is 1. The third-order valence-electron chi connectivity index (χ3n) is 5.93. The van der Waals surface area contributed by atoms with Crippen molar-refractivity contribution in [1.29, 1.82) is 0 Å². The van der Waals surface area contributed by atoms with Crippen molar-refractivity contribution < 1.29 is 14.3 Å². The van der Waals surface area contributed by atoms with E-state index in [9.17, 15) is 9.59 Å². The van der Waals surface area contributed by atoms with Gasteiger partial charge in [-0.2, -0.15) is 11.3 Å². The van der Waals surface area contributed by atoms with Crippen LogP contribution in [-0.4, -0.2) is 59.0 Å². The average Bonchev–Trinajstić information content (AvgIpc) is 3.47. The highest BCUT2D eigenvalue weighted by Crippen LogP contribution is 2.27. The van der Waals surface area contributed by atoms with Crippen molar-refractivity contribution in [1.82, 2.24) is 14.8 Å². The van der Waals surface area contributed by atoms with E-state index in [0.29, 0.717) is 32.1 Å². The Morgan fingerprint density at radius 1 is 1.06 bits per heavy atom. The summed E-state index contributed by atoms with van der Waals surface area (Å²) in [6.45, 7) is 2.67. The van der Waals surface area contributed by atoms with Crippen molar-refractivity contribution in [2.75, 3.05) is 31.5 Å². The van der Waals surface area contributed by atoms with Crippen molar-refractivity contribution in [3.8, 4) is 5.75 Å². The van der Waals surface area contributed by atoms with Crippen LogP contribution in [0.2, 0.25) is 0 Å². The first-order valence-corrected chi connectivity index (χ1v) is 11.6. The highest BCUT2D eigenvalue weighted by molar-refractivity contribution is 7.08. The van der Waals surface area contributed by atoms with Crippen LogP contribution in [0.3, 0.4) is 0 Å². The Morgan fingerprint density at radius 2 is 1.91 bits per heavy atom. The Hall–Kier alpha value is -3.39. The number of ether oxygens (including phenoxy) is 1. The minimum atomic E-state index is -0.0998. The van der Waals surface area contributed by atoms with Crippen molar-refractivity contribution in [2.24, 2.45) is 0 Å². The number of likely N-dealkylation sites (tertiary alicyclic amines) is 2. The van der Waals surface area contributed by atoms with Gasteiger partial charge in [0.1, 0.15) is 11.9 Å². The van der Waals surface area contributed by atoms with Crippen LogP contribution in [0.4, 0.5) is 10.5 Å². The molecule has 2 aliphatic rings. The minimum absolute atomic E-state index is 0.0245. The fourth-order valence-corrected chi connectivity index (χ4v) is 4.69. The maximum absolute atomic E-state index is 12.5. The molecule has 8 heteroatoms. The molecule has 7 nitrogen and oxygen atoms in total. The maximum Gasteiger partial charge on any atom is 0.321 e. The van der Waals surface area contributed by atoms with Gasteiger partial charge in [-0.05, 0) is 47.3 Å². The Labute approximate surface area is 190 Å². The molecule has 32 heavy (non-hydrogen) atoms.